The molecule has 5 nitrogen and oxygen atoms in total. The Balaban J connectivity index is 1.76. The smallest absolute Gasteiger partial charge is 0.241 e. The minimum atomic E-state index is -3.73. The second-order valence-corrected chi connectivity index (χ2v) is 9.71. The molecule has 1 aliphatic rings. The highest BCUT2D eigenvalue weighted by atomic mass is 35.5. The molecule has 28 heavy (non-hydrogen) atoms. The second kappa shape index (κ2) is 8.31. The van der Waals surface area contributed by atoms with Crippen LogP contribution in [0.25, 0.3) is 0 Å². The summed E-state index contributed by atoms with van der Waals surface area (Å²) in [4.78, 5) is 12.6. The van der Waals surface area contributed by atoms with Crippen LogP contribution in [0, 0.1) is 0 Å². The lowest BCUT2D eigenvalue weighted by Crippen LogP contribution is -2.41. The van der Waals surface area contributed by atoms with Crippen LogP contribution in [-0.2, 0) is 27.7 Å². The van der Waals surface area contributed by atoms with Gasteiger partial charge < -0.3 is 5.32 Å². The van der Waals surface area contributed by atoms with Crippen LogP contribution in [-0.4, -0.2) is 27.1 Å². The van der Waals surface area contributed by atoms with Crippen LogP contribution >= 0.6 is 23.2 Å². The van der Waals surface area contributed by atoms with Crippen LogP contribution in [0.5, 0.6) is 0 Å². The molecule has 8 heteroatoms. The average molecular weight is 441 g/mol. The summed E-state index contributed by atoms with van der Waals surface area (Å²) in [5, 5.41) is 3.19. The molecule has 0 fully saturated rings. The fourth-order valence-corrected chi connectivity index (χ4v) is 4.74. The molecule has 1 amide bonds. The minimum absolute atomic E-state index is 0.0917. The highest BCUT2D eigenvalue weighted by Crippen LogP contribution is 2.33. The summed E-state index contributed by atoms with van der Waals surface area (Å²) in [5.74, 6) is -0.422. The first kappa shape index (κ1) is 21.0. The summed E-state index contributed by atoms with van der Waals surface area (Å²) in [7, 11) is -3.73. The lowest BCUT2D eigenvalue weighted by Gasteiger charge is -2.24. The Morgan fingerprint density at radius 2 is 1.89 bits per heavy atom. The first-order valence-corrected chi connectivity index (χ1v) is 11.6. The fourth-order valence-electron chi connectivity index (χ4n) is 3.43. The molecule has 0 spiro atoms. The zero-order chi connectivity index (χ0) is 20.5. The third-order valence-corrected chi connectivity index (χ3v) is 6.82. The van der Waals surface area contributed by atoms with Gasteiger partial charge in [0.15, 0.2) is 0 Å². The molecule has 1 N–H and O–H groups in total. The van der Waals surface area contributed by atoms with Crippen LogP contribution in [0.15, 0.2) is 36.4 Å². The molecule has 2 aromatic carbocycles. The normalized spacial score (nSPS) is 14.4. The molecular formula is C20H22Cl2N2O3S. The van der Waals surface area contributed by atoms with Gasteiger partial charge in [0.1, 0.15) is 6.54 Å². The van der Waals surface area contributed by atoms with Crippen LogP contribution in [0.4, 0.5) is 5.69 Å². The Morgan fingerprint density at radius 3 is 2.61 bits per heavy atom. The summed E-state index contributed by atoms with van der Waals surface area (Å²) >= 11 is 12.2. The minimum Gasteiger partial charge on any atom is -0.348 e. The molecule has 1 aliphatic carbocycles. The first-order chi connectivity index (χ1) is 13.2. The Bertz CT molecular complexity index is 1010. The molecule has 0 heterocycles. The second-order valence-electron chi connectivity index (χ2n) is 7.01. The number of hydrogen-bond acceptors (Lipinski definition) is 3. The molecule has 2 aromatic rings. The number of carbonyl (C=O) groups excluding carboxylic acids is 1. The van der Waals surface area contributed by atoms with Gasteiger partial charge >= 0.3 is 0 Å². The van der Waals surface area contributed by atoms with Crippen molar-refractivity contribution >= 4 is 44.8 Å². The Hall–Kier alpha value is -1.76. The first-order valence-electron chi connectivity index (χ1n) is 8.99. The van der Waals surface area contributed by atoms with Gasteiger partial charge in [-0.1, -0.05) is 47.5 Å². The number of sulfonamides is 1. The number of nitrogens with zero attached hydrogens (tertiary/aromatic N) is 1. The third-order valence-electron chi connectivity index (χ3n) is 4.89. The van der Waals surface area contributed by atoms with Crippen LogP contribution in [0.3, 0.4) is 0 Å². The van der Waals surface area contributed by atoms with Crippen LogP contribution in [0.1, 0.15) is 36.1 Å². The highest BCUT2D eigenvalue weighted by molar-refractivity contribution is 7.92. The number of hydrogen-bond donors (Lipinski definition) is 1. The molecular weight excluding hydrogens is 419 g/mol. The number of carbonyl (C=O) groups is 1. The van der Waals surface area contributed by atoms with Gasteiger partial charge in [0.25, 0.3) is 0 Å². The van der Waals surface area contributed by atoms with E-state index >= 15 is 0 Å². The monoisotopic (exact) mass is 440 g/mol. The van der Waals surface area contributed by atoms with Crippen molar-refractivity contribution in [2.24, 2.45) is 0 Å². The number of rotatable bonds is 6. The van der Waals surface area contributed by atoms with E-state index < -0.39 is 15.9 Å². The molecule has 1 atom stereocenters. The predicted octanol–water partition coefficient (Wildman–Crippen LogP) is 4.13. The van der Waals surface area contributed by atoms with E-state index in [0.29, 0.717) is 0 Å². The topological polar surface area (TPSA) is 66.5 Å². The Morgan fingerprint density at radius 1 is 1.18 bits per heavy atom. The van der Waals surface area contributed by atoms with Crippen LogP contribution < -0.4 is 9.62 Å². The lowest BCUT2D eigenvalue weighted by atomic mass is 10.0. The van der Waals surface area contributed by atoms with E-state index in [2.05, 4.69) is 17.4 Å². The van der Waals surface area contributed by atoms with Gasteiger partial charge in [-0.3, -0.25) is 9.10 Å². The molecule has 0 radical (unpaired) electrons. The van der Waals surface area contributed by atoms with Gasteiger partial charge in [-0.2, -0.15) is 0 Å². The molecule has 1 unspecified atom stereocenters. The number of fused-ring (bicyclic) bond motifs is 1. The van der Waals surface area contributed by atoms with E-state index in [1.807, 2.05) is 13.0 Å². The Kier molecular flexibility index (Phi) is 6.22. The Labute approximate surface area is 175 Å². The number of nitrogens with one attached hydrogen (secondary N) is 1. The highest BCUT2D eigenvalue weighted by Gasteiger charge is 2.25. The number of halogens is 2. The maximum absolute atomic E-state index is 12.6. The van der Waals surface area contributed by atoms with Crippen molar-refractivity contribution in [2.75, 3.05) is 17.1 Å². The standard InChI is InChI=1S/C20H22Cl2N2O3S/c1-13(15-10-9-14-5-3-6-16(14)11-15)23-19(25)12-24(28(2,26)27)18-8-4-7-17(21)20(18)22/h4,7-11,13H,3,5-6,12H2,1-2H3,(H,23,25). The maximum atomic E-state index is 12.6. The average Bonchev–Trinajstić information content (AvgIpc) is 3.09. The maximum Gasteiger partial charge on any atom is 0.241 e. The van der Waals surface area contributed by atoms with Crippen molar-refractivity contribution in [3.63, 3.8) is 0 Å². The van der Waals surface area contributed by atoms with E-state index in [4.69, 9.17) is 23.2 Å². The largest absolute Gasteiger partial charge is 0.348 e. The van der Waals surface area contributed by atoms with E-state index in [9.17, 15) is 13.2 Å². The number of amides is 1. The molecule has 0 saturated carbocycles. The van der Waals surface area contributed by atoms with E-state index in [1.165, 1.54) is 17.2 Å². The number of aryl methyl sites for hydroxylation is 2. The zero-order valence-electron chi connectivity index (χ0n) is 15.7. The van der Waals surface area contributed by atoms with E-state index in [1.54, 1.807) is 12.1 Å². The molecule has 0 saturated heterocycles. The van der Waals surface area contributed by atoms with E-state index in [0.717, 1.165) is 35.4 Å². The van der Waals surface area contributed by atoms with Crippen LogP contribution in [0.2, 0.25) is 10.0 Å². The third kappa shape index (κ3) is 4.62. The van der Waals surface area contributed by atoms with Gasteiger partial charge in [0, 0.05) is 0 Å². The van der Waals surface area contributed by atoms with Crippen molar-refractivity contribution in [1.29, 1.82) is 0 Å². The summed E-state index contributed by atoms with van der Waals surface area (Å²) < 4.78 is 25.5. The van der Waals surface area contributed by atoms with Crippen molar-refractivity contribution < 1.29 is 13.2 Å². The van der Waals surface area contributed by atoms with E-state index in [-0.39, 0.29) is 28.3 Å². The van der Waals surface area contributed by atoms with Crippen molar-refractivity contribution in [3.05, 3.63) is 63.1 Å². The van der Waals surface area contributed by atoms with Crippen molar-refractivity contribution in [2.45, 2.75) is 32.2 Å². The molecule has 0 aliphatic heterocycles. The summed E-state index contributed by atoms with van der Waals surface area (Å²) in [6.07, 6.45) is 4.34. The predicted molar refractivity (Wildman–Crippen MR) is 114 cm³/mol. The molecule has 3 rings (SSSR count). The van der Waals surface area contributed by atoms with Gasteiger partial charge in [-0.25, -0.2) is 8.42 Å². The van der Waals surface area contributed by atoms with Gasteiger partial charge in [-0.15, -0.1) is 0 Å². The summed E-state index contributed by atoms with van der Waals surface area (Å²) in [6, 6.07) is 10.7. The lowest BCUT2D eigenvalue weighted by molar-refractivity contribution is -0.120. The van der Waals surface area contributed by atoms with Gasteiger partial charge in [0.05, 0.1) is 28.0 Å². The quantitative estimate of drug-likeness (QED) is 0.733. The van der Waals surface area contributed by atoms with Crippen molar-refractivity contribution in [3.8, 4) is 0 Å². The van der Waals surface area contributed by atoms with Gasteiger partial charge in [-0.05, 0) is 55.0 Å². The number of benzene rings is 2. The molecule has 150 valence electrons. The summed E-state index contributed by atoms with van der Waals surface area (Å²) in [6.45, 7) is 1.50. The SMILES string of the molecule is CC(NC(=O)CN(c1cccc(Cl)c1Cl)S(C)(=O)=O)c1ccc2c(c1)CCC2. The fraction of sp³-hybridized carbons (Fsp3) is 0.350. The van der Waals surface area contributed by atoms with Gasteiger partial charge in [0.2, 0.25) is 15.9 Å². The summed E-state index contributed by atoms with van der Waals surface area (Å²) in [5.41, 5.74) is 3.86. The molecule has 0 bridgehead atoms. The number of anilines is 1. The molecule has 0 aromatic heterocycles. The van der Waals surface area contributed by atoms with Crippen molar-refractivity contribution in [1.82, 2.24) is 5.32 Å². The zero-order valence-corrected chi connectivity index (χ0v) is 18.0.